The Balaban J connectivity index is 2.46. The molecule has 1 aromatic heterocycles. The SMILES string of the molecule is CCOC(=O)c1cccn1S(=O)(=O)c1cccc(NC(C)=O)c1. The molecular formula is C15H16N2O5S. The zero-order valence-electron chi connectivity index (χ0n) is 12.6. The quantitative estimate of drug-likeness (QED) is 0.841. The van der Waals surface area contributed by atoms with Crippen molar-refractivity contribution >= 4 is 27.6 Å². The van der Waals surface area contributed by atoms with E-state index in [0.717, 1.165) is 3.97 Å². The van der Waals surface area contributed by atoms with E-state index in [-0.39, 0.29) is 23.1 Å². The highest BCUT2D eigenvalue weighted by atomic mass is 32.2. The maximum absolute atomic E-state index is 12.7. The minimum Gasteiger partial charge on any atom is -0.461 e. The lowest BCUT2D eigenvalue weighted by atomic mass is 10.3. The van der Waals surface area contributed by atoms with Gasteiger partial charge in [-0.05, 0) is 37.3 Å². The van der Waals surface area contributed by atoms with Gasteiger partial charge in [0.1, 0.15) is 5.69 Å². The van der Waals surface area contributed by atoms with Crippen molar-refractivity contribution in [3.63, 3.8) is 0 Å². The van der Waals surface area contributed by atoms with Crippen molar-refractivity contribution in [3.8, 4) is 0 Å². The molecule has 0 saturated heterocycles. The molecule has 0 fully saturated rings. The van der Waals surface area contributed by atoms with E-state index >= 15 is 0 Å². The van der Waals surface area contributed by atoms with Gasteiger partial charge in [-0.2, -0.15) is 0 Å². The van der Waals surface area contributed by atoms with Crippen molar-refractivity contribution < 1.29 is 22.7 Å². The van der Waals surface area contributed by atoms with Crippen LogP contribution >= 0.6 is 0 Å². The molecule has 1 aromatic carbocycles. The summed E-state index contributed by atoms with van der Waals surface area (Å²) in [5, 5.41) is 2.52. The van der Waals surface area contributed by atoms with Crippen molar-refractivity contribution in [3.05, 3.63) is 48.3 Å². The van der Waals surface area contributed by atoms with Gasteiger partial charge in [-0.3, -0.25) is 4.79 Å². The summed E-state index contributed by atoms with van der Waals surface area (Å²) in [6.07, 6.45) is 1.27. The molecule has 23 heavy (non-hydrogen) atoms. The number of ether oxygens (including phenoxy) is 1. The van der Waals surface area contributed by atoms with Crippen LogP contribution in [0.3, 0.4) is 0 Å². The minimum atomic E-state index is -3.98. The summed E-state index contributed by atoms with van der Waals surface area (Å²) >= 11 is 0. The van der Waals surface area contributed by atoms with E-state index in [0.29, 0.717) is 5.69 Å². The second-order valence-electron chi connectivity index (χ2n) is 4.62. The molecule has 8 heteroatoms. The Bertz CT molecular complexity index is 839. The Labute approximate surface area is 133 Å². The van der Waals surface area contributed by atoms with E-state index in [2.05, 4.69) is 5.32 Å². The van der Waals surface area contributed by atoms with Gasteiger partial charge in [0.25, 0.3) is 10.0 Å². The van der Waals surface area contributed by atoms with E-state index in [1.807, 2.05) is 0 Å². The van der Waals surface area contributed by atoms with Gasteiger partial charge in [-0.25, -0.2) is 17.2 Å². The van der Waals surface area contributed by atoms with Crippen LogP contribution in [0.5, 0.6) is 0 Å². The fourth-order valence-electron chi connectivity index (χ4n) is 1.99. The molecule has 0 aliphatic heterocycles. The maximum Gasteiger partial charge on any atom is 0.355 e. The molecule has 0 aliphatic rings. The van der Waals surface area contributed by atoms with E-state index < -0.39 is 16.0 Å². The first-order chi connectivity index (χ1) is 10.9. The molecular weight excluding hydrogens is 320 g/mol. The Kier molecular flexibility index (Phi) is 4.85. The van der Waals surface area contributed by atoms with Crippen molar-refractivity contribution in [2.24, 2.45) is 0 Å². The number of carbonyl (C=O) groups excluding carboxylic acids is 2. The monoisotopic (exact) mass is 336 g/mol. The van der Waals surface area contributed by atoms with Gasteiger partial charge in [-0.1, -0.05) is 6.07 Å². The van der Waals surface area contributed by atoms with Gasteiger partial charge in [0.2, 0.25) is 5.91 Å². The molecule has 0 radical (unpaired) electrons. The molecule has 0 saturated carbocycles. The highest BCUT2D eigenvalue weighted by Crippen LogP contribution is 2.20. The molecule has 0 spiro atoms. The smallest absolute Gasteiger partial charge is 0.355 e. The lowest BCUT2D eigenvalue weighted by Crippen LogP contribution is -2.19. The topological polar surface area (TPSA) is 94.5 Å². The number of nitrogens with one attached hydrogen (secondary N) is 1. The standard InChI is InChI=1S/C15H16N2O5S/c1-3-22-15(19)14-8-5-9-17(14)23(20,21)13-7-4-6-12(10-13)16-11(2)18/h4-10H,3H2,1-2H3,(H,16,18). The largest absolute Gasteiger partial charge is 0.461 e. The summed E-state index contributed by atoms with van der Waals surface area (Å²) in [7, 11) is -3.98. The first kappa shape index (κ1) is 16.8. The van der Waals surface area contributed by atoms with Gasteiger partial charge >= 0.3 is 5.97 Å². The number of aromatic nitrogens is 1. The Hall–Kier alpha value is -2.61. The fourth-order valence-corrected chi connectivity index (χ4v) is 3.37. The normalized spacial score (nSPS) is 11.0. The van der Waals surface area contributed by atoms with Crippen LogP contribution in [0.2, 0.25) is 0 Å². The van der Waals surface area contributed by atoms with E-state index in [1.165, 1.54) is 43.5 Å². The summed E-state index contributed by atoms with van der Waals surface area (Å²) in [4.78, 5) is 22.9. The molecule has 7 nitrogen and oxygen atoms in total. The number of rotatable bonds is 5. The van der Waals surface area contributed by atoms with Crippen molar-refractivity contribution in [2.45, 2.75) is 18.7 Å². The maximum atomic E-state index is 12.7. The third kappa shape index (κ3) is 3.59. The summed E-state index contributed by atoms with van der Waals surface area (Å²) in [5.74, 6) is -1.04. The zero-order chi connectivity index (χ0) is 17.0. The third-order valence-electron chi connectivity index (χ3n) is 2.91. The molecule has 1 amide bonds. The van der Waals surface area contributed by atoms with Gasteiger partial charge in [0, 0.05) is 18.8 Å². The van der Waals surface area contributed by atoms with Gasteiger partial charge in [-0.15, -0.1) is 0 Å². The highest BCUT2D eigenvalue weighted by Gasteiger charge is 2.23. The molecule has 1 N–H and O–H groups in total. The summed E-state index contributed by atoms with van der Waals surface area (Å²) in [6.45, 7) is 3.10. The molecule has 2 rings (SSSR count). The average Bonchev–Trinajstić information content (AvgIpc) is 2.97. The van der Waals surface area contributed by atoms with Crippen LogP contribution in [0, 0.1) is 0 Å². The molecule has 0 unspecified atom stereocenters. The second-order valence-corrected chi connectivity index (χ2v) is 6.44. The average molecular weight is 336 g/mol. The number of esters is 1. The van der Waals surface area contributed by atoms with Gasteiger partial charge in [0.15, 0.2) is 0 Å². The van der Waals surface area contributed by atoms with Gasteiger partial charge < -0.3 is 10.1 Å². The lowest BCUT2D eigenvalue weighted by molar-refractivity contribution is -0.114. The number of carbonyl (C=O) groups is 2. The van der Waals surface area contributed by atoms with Crippen LogP contribution < -0.4 is 5.32 Å². The molecule has 1 heterocycles. The molecule has 0 atom stereocenters. The summed E-state index contributed by atoms with van der Waals surface area (Å²) < 4.78 is 31.1. The van der Waals surface area contributed by atoms with Crippen LogP contribution in [-0.2, 0) is 19.6 Å². The summed E-state index contributed by atoms with van der Waals surface area (Å²) in [6, 6.07) is 8.60. The first-order valence-corrected chi connectivity index (χ1v) is 8.28. The first-order valence-electron chi connectivity index (χ1n) is 6.84. The van der Waals surface area contributed by atoms with E-state index in [4.69, 9.17) is 4.74 Å². The highest BCUT2D eigenvalue weighted by molar-refractivity contribution is 7.90. The van der Waals surface area contributed by atoms with Crippen molar-refractivity contribution in [1.29, 1.82) is 0 Å². The van der Waals surface area contributed by atoms with Crippen LogP contribution in [0.15, 0.2) is 47.5 Å². The predicted octanol–water partition coefficient (Wildman–Crippen LogP) is 1.86. The zero-order valence-corrected chi connectivity index (χ0v) is 13.5. The molecule has 0 aliphatic carbocycles. The minimum absolute atomic E-state index is 0.0505. The van der Waals surface area contributed by atoms with Crippen LogP contribution in [-0.4, -0.2) is 30.9 Å². The number of nitrogens with zero attached hydrogens (tertiary/aromatic N) is 1. The second kappa shape index (κ2) is 6.66. The van der Waals surface area contributed by atoms with Gasteiger partial charge in [0.05, 0.1) is 11.5 Å². The predicted molar refractivity (Wildman–Crippen MR) is 83.7 cm³/mol. The number of hydrogen-bond acceptors (Lipinski definition) is 5. The molecule has 122 valence electrons. The van der Waals surface area contributed by atoms with Crippen molar-refractivity contribution in [1.82, 2.24) is 3.97 Å². The Morgan fingerprint density at radius 1 is 1.22 bits per heavy atom. The fraction of sp³-hybridized carbons (Fsp3) is 0.200. The van der Waals surface area contributed by atoms with Crippen molar-refractivity contribution in [2.75, 3.05) is 11.9 Å². The third-order valence-corrected chi connectivity index (χ3v) is 4.59. The molecule has 0 bridgehead atoms. The van der Waals surface area contributed by atoms with Crippen LogP contribution in [0.1, 0.15) is 24.3 Å². The number of anilines is 1. The summed E-state index contributed by atoms with van der Waals surface area (Å²) in [5.41, 5.74) is 0.264. The Morgan fingerprint density at radius 3 is 2.61 bits per heavy atom. The number of amides is 1. The lowest BCUT2D eigenvalue weighted by Gasteiger charge is -2.11. The van der Waals surface area contributed by atoms with E-state index in [1.54, 1.807) is 13.0 Å². The Morgan fingerprint density at radius 2 is 1.96 bits per heavy atom. The van der Waals surface area contributed by atoms with Crippen LogP contribution in [0.25, 0.3) is 0 Å². The number of hydrogen-bond donors (Lipinski definition) is 1. The number of benzene rings is 1. The van der Waals surface area contributed by atoms with Crippen LogP contribution in [0.4, 0.5) is 5.69 Å². The van der Waals surface area contributed by atoms with E-state index in [9.17, 15) is 18.0 Å². The molecule has 2 aromatic rings.